The molecule has 1 N–H and O–H groups in total. The van der Waals surface area contributed by atoms with Crippen molar-refractivity contribution >= 4 is 11.9 Å². The van der Waals surface area contributed by atoms with Crippen molar-refractivity contribution in [3.63, 3.8) is 0 Å². The van der Waals surface area contributed by atoms with Gasteiger partial charge in [0.2, 0.25) is 5.88 Å². The van der Waals surface area contributed by atoms with E-state index in [1.54, 1.807) is 25.3 Å². The second kappa shape index (κ2) is 7.43. The first-order valence-electron chi connectivity index (χ1n) is 8.20. The first-order chi connectivity index (χ1) is 12.6. The van der Waals surface area contributed by atoms with E-state index >= 15 is 0 Å². The molecule has 1 aromatic heterocycles. The molecule has 1 aliphatic heterocycles. The van der Waals surface area contributed by atoms with Crippen LogP contribution in [0.2, 0.25) is 0 Å². The Hall–Kier alpha value is -3.09. The Bertz CT molecular complexity index is 823. The maximum atomic E-state index is 12.9. The van der Waals surface area contributed by atoms with E-state index in [0.29, 0.717) is 11.3 Å². The van der Waals surface area contributed by atoms with Gasteiger partial charge in [-0.2, -0.15) is 0 Å². The maximum Gasteiger partial charge on any atom is 0.308 e. The second-order valence-electron chi connectivity index (χ2n) is 6.06. The van der Waals surface area contributed by atoms with E-state index < -0.39 is 11.9 Å². The van der Waals surface area contributed by atoms with E-state index in [1.807, 2.05) is 18.2 Å². The monoisotopic (exact) mass is 356 g/mol. The van der Waals surface area contributed by atoms with Gasteiger partial charge in [-0.05, 0) is 23.8 Å². The minimum Gasteiger partial charge on any atom is -0.496 e. The lowest BCUT2D eigenvalue weighted by molar-refractivity contribution is -0.141. The van der Waals surface area contributed by atoms with Crippen LogP contribution in [0, 0.1) is 5.92 Å². The molecule has 2 heterocycles. The zero-order valence-corrected chi connectivity index (χ0v) is 14.6. The number of methoxy groups -OCH3 is 2. The number of pyridine rings is 1. The van der Waals surface area contributed by atoms with Crippen LogP contribution in [-0.4, -0.2) is 54.2 Å². The number of carbonyl (C=O) groups is 2. The van der Waals surface area contributed by atoms with Crippen molar-refractivity contribution in [1.29, 1.82) is 0 Å². The molecule has 2 unspecified atom stereocenters. The lowest BCUT2D eigenvalue weighted by Gasteiger charge is -2.19. The van der Waals surface area contributed by atoms with Gasteiger partial charge in [-0.15, -0.1) is 0 Å². The molecule has 7 nitrogen and oxygen atoms in total. The van der Waals surface area contributed by atoms with Crippen molar-refractivity contribution < 1.29 is 24.2 Å². The first kappa shape index (κ1) is 17.7. The molecule has 1 amide bonds. The number of carbonyl (C=O) groups excluding carboxylic acids is 1. The van der Waals surface area contributed by atoms with E-state index in [2.05, 4.69) is 4.98 Å². The van der Waals surface area contributed by atoms with Crippen LogP contribution >= 0.6 is 0 Å². The van der Waals surface area contributed by atoms with E-state index in [-0.39, 0.29) is 30.8 Å². The minimum absolute atomic E-state index is 0.120. The van der Waals surface area contributed by atoms with Gasteiger partial charge in [-0.25, -0.2) is 4.98 Å². The van der Waals surface area contributed by atoms with Gasteiger partial charge in [-0.1, -0.05) is 18.2 Å². The Morgan fingerprint density at radius 2 is 1.88 bits per heavy atom. The van der Waals surface area contributed by atoms with Crippen LogP contribution in [-0.2, 0) is 4.79 Å². The highest BCUT2D eigenvalue weighted by Crippen LogP contribution is 2.38. The van der Waals surface area contributed by atoms with E-state index in [1.165, 1.54) is 18.2 Å². The summed E-state index contributed by atoms with van der Waals surface area (Å²) in [7, 11) is 2.99. The van der Waals surface area contributed by atoms with Crippen molar-refractivity contribution in [3.05, 3.63) is 53.7 Å². The quantitative estimate of drug-likeness (QED) is 0.882. The number of carboxylic acids is 1. The van der Waals surface area contributed by atoms with Gasteiger partial charge < -0.3 is 19.5 Å². The molecule has 2 atom stereocenters. The molecule has 0 bridgehead atoms. The molecular formula is C19H20N2O5. The largest absolute Gasteiger partial charge is 0.496 e. The van der Waals surface area contributed by atoms with Gasteiger partial charge in [0.05, 0.1) is 20.1 Å². The minimum atomic E-state index is -0.936. The molecule has 1 saturated heterocycles. The fraction of sp³-hybridized carbons (Fsp3) is 0.316. The molecule has 0 spiro atoms. The Balaban J connectivity index is 1.92. The fourth-order valence-electron chi connectivity index (χ4n) is 3.39. The molecule has 26 heavy (non-hydrogen) atoms. The third kappa shape index (κ3) is 3.20. The number of hydrogen-bond acceptors (Lipinski definition) is 5. The third-order valence-corrected chi connectivity index (χ3v) is 4.66. The van der Waals surface area contributed by atoms with Gasteiger partial charge in [0.25, 0.3) is 5.91 Å². The number of aromatic nitrogens is 1. The van der Waals surface area contributed by atoms with E-state index in [9.17, 15) is 14.7 Å². The molecule has 0 radical (unpaired) electrons. The van der Waals surface area contributed by atoms with Crippen molar-refractivity contribution in [2.75, 3.05) is 27.3 Å². The highest BCUT2D eigenvalue weighted by Gasteiger charge is 2.42. The van der Waals surface area contributed by atoms with Gasteiger partial charge in [0.1, 0.15) is 11.3 Å². The number of carboxylic acid groups (broad SMARTS) is 1. The van der Waals surface area contributed by atoms with Gasteiger partial charge in [0, 0.05) is 25.2 Å². The van der Waals surface area contributed by atoms with Crippen LogP contribution in [0.15, 0.2) is 42.6 Å². The summed E-state index contributed by atoms with van der Waals surface area (Å²) in [5, 5.41) is 9.66. The Kier molecular flexibility index (Phi) is 5.06. The number of amides is 1. The molecule has 7 heteroatoms. The Morgan fingerprint density at radius 3 is 2.58 bits per heavy atom. The van der Waals surface area contributed by atoms with Crippen LogP contribution in [0.25, 0.3) is 0 Å². The van der Waals surface area contributed by atoms with E-state index in [0.717, 1.165) is 5.56 Å². The Morgan fingerprint density at radius 1 is 1.12 bits per heavy atom. The van der Waals surface area contributed by atoms with Gasteiger partial charge in [-0.3, -0.25) is 9.59 Å². The zero-order valence-electron chi connectivity index (χ0n) is 14.6. The molecule has 3 rings (SSSR count). The number of aliphatic carboxylic acids is 1. The Labute approximate surface area is 151 Å². The highest BCUT2D eigenvalue weighted by molar-refractivity contribution is 5.97. The lowest BCUT2D eigenvalue weighted by atomic mass is 9.88. The third-order valence-electron chi connectivity index (χ3n) is 4.66. The summed E-state index contributed by atoms with van der Waals surface area (Å²) >= 11 is 0. The van der Waals surface area contributed by atoms with Crippen LogP contribution in [0.4, 0.5) is 0 Å². The number of nitrogens with zero attached hydrogens (tertiary/aromatic N) is 2. The van der Waals surface area contributed by atoms with Crippen molar-refractivity contribution in [2.24, 2.45) is 5.92 Å². The average molecular weight is 356 g/mol. The van der Waals surface area contributed by atoms with Crippen molar-refractivity contribution in [3.8, 4) is 11.6 Å². The zero-order chi connectivity index (χ0) is 18.7. The lowest BCUT2D eigenvalue weighted by Crippen LogP contribution is -2.30. The summed E-state index contributed by atoms with van der Waals surface area (Å²) in [5.41, 5.74) is 1.11. The van der Waals surface area contributed by atoms with Crippen LogP contribution in [0.3, 0.4) is 0 Å². The van der Waals surface area contributed by atoms with Crippen LogP contribution in [0.1, 0.15) is 21.8 Å². The first-order valence-corrected chi connectivity index (χ1v) is 8.20. The molecule has 0 aliphatic carbocycles. The summed E-state index contributed by atoms with van der Waals surface area (Å²) in [5.74, 6) is -1.44. The molecule has 1 fully saturated rings. The SMILES string of the molecule is COc1ccccc1C1CN(C(=O)c2cccnc2OC)CC1C(=O)O. The number of para-hydroxylation sites is 1. The molecule has 136 valence electrons. The van der Waals surface area contributed by atoms with Crippen LogP contribution in [0.5, 0.6) is 11.6 Å². The normalized spacial score (nSPS) is 19.2. The standard InChI is InChI=1S/C19H20N2O5/c1-25-16-8-4-3-6-12(16)14-10-21(11-15(14)19(23)24)18(22)13-7-5-9-20-17(13)26-2/h3-9,14-15H,10-11H2,1-2H3,(H,23,24). The number of benzene rings is 1. The highest BCUT2D eigenvalue weighted by atomic mass is 16.5. The number of rotatable bonds is 5. The van der Waals surface area contributed by atoms with Crippen molar-refractivity contribution in [2.45, 2.75) is 5.92 Å². The fourth-order valence-corrected chi connectivity index (χ4v) is 3.39. The molecule has 1 aliphatic rings. The predicted octanol–water partition coefficient (Wildman–Crippen LogP) is 2.04. The molecule has 0 saturated carbocycles. The molecular weight excluding hydrogens is 336 g/mol. The second-order valence-corrected chi connectivity index (χ2v) is 6.06. The van der Waals surface area contributed by atoms with Crippen molar-refractivity contribution in [1.82, 2.24) is 9.88 Å². The van der Waals surface area contributed by atoms with Gasteiger partial charge in [0.15, 0.2) is 0 Å². The van der Waals surface area contributed by atoms with Gasteiger partial charge >= 0.3 is 5.97 Å². The number of likely N-dealkylation sites (tertiary alicyclic amines) is 1. The number of ether oxygens (including phenoxy) is 2. The average Bonchev–Trinajstić information content (AvgIpc) is 3.13. The maximum absolute atomic E-state index is 12.9. The summed E-state index contributed by atoms with van der Waals surface area (Å²) in [4.78, 5) is 30.3. The molecule has 2 aromatic rings. The smallest absolute Gasteiger partial charge is 0.308 e. The summed E-state index contributed by atoms with van der Waals surface area (Å²) in [6, 6.07) is 10.6. The molecule has 1 aromatic carbocycles. The van der Waals surface area contributed by atoms with Crippen LogP contribution < -0.4 is 9.47 Å². The number of hydrogen-bond donors (Lipinski definition) is 1. The summed E-state index contributed by atoms with van der Waals surface area (Å²) < 4.78 is 10.5. The summed E-state index contributed by atoms with van der Waals surface area (Å²) in [6.07, 6.45) is 1.54. The van der Waals surface area contributed by atoms with E-state index in [4.69, 9.17) is 9.47 Å². The topological polar surface area (TPSA) is 89.0 Å². The predicted molar refractivity (Wildman–Crippen MR) is 93.6 cm³/mol. The summed E-state index contributed by atoms with van der Waals surface area (Å²) in [6.45, 7) is 0.406.